The van der Waals surface area contributed by atoms with Crippen molar-refractivity contribution >= 4 is 23.6 Å². The number of hydrogen-bond acceptors (Lipinski definition) is 4. The van der Waals surface area contributed by atoms with E-state index in [9.17, 15) is 4.79 Å². The largest absolute Gasteiger partial charge is 0.382 e. The molecule has 0 atom stereocenters. The molecule has 0 aliphatic heterocycles. The Hall–Kier alpha value is -1.84. The molecule has 114 valence electrons. The molecule has 6 nitrogen and oxygen atoms in total. The summed E-state index contributed by atoms with van der Waals surface area (Å²) in [5.41, 5.74) is 0.748. The monoisotopic (exact) mass is 310 g/mol. The van der Waals surface area contributed by atoms with Gasteiger partial charge in [0.25, 0.3) is 5.91 Å². The van der Waals surface area contributed by atoms with Crippen molar-refractivity contribution in [2.75, 3.05) is 25.6 Å². The van der Waals surface area contributed by atoms with Crippen molar-refractivity contribution in [3.05, 3.63) is 23.5 Å². The molecule has 0 unspecified atom stereocenters. The number of hydrogen-bond donors (Lipinski definition) is 1. The van der Waals surface area contributed by atoms with Crippen LogP contribution in [0.3, 0.4) is 0 Å². The van der Waals surface area contributed by atoms with Crippen LogP contribution in [0.15, 0.2) is 18.0 Å². The minimum atomic E-state index is -0.390. The lowest BCUT2D eigenvalue weighted by molar-refractivity contribution is -0.117. The van der Waals surface area contributed by atoms with Crippen LogP contribution < -0.4 is 5.32 Å². The Morgan fingerprint density at radius 1 is 1.67 bits per heavy atom. The van der Waals surface area contributed by atoms with Crippen LogP contribution in [0.5, 0.6) is 0 Å². The van der Waals surface area contributed by atoms with Gasteiger partial charge in [-0.15, -0.1) is 11.6 Å². The summed E-state index contributed by atoms with van der Waals surface area (Å²) < 4.78 is 6.83. The third-order valence-electron chi connectivity index (χ3n) is 2.60. The molecule has 0 spiro atoms. The number of ether oxygens (including phenoxy) is 1. The SMILES string of the molecule is CCOCCCNC(=O)/C(C#N)=C/c1cnn(CCCl)c1. The molecule has 21 heavy (non-hydrogen) atoms. The van der Waals surface area contributed by atoms with Gasteiger partial charge in [-0.2, -0.15) is 10.4 Å². The van der Waals surface area contributed by atoms with Gasteiger partial charge in [0, 0.05) is 37.4 Å². The Morgan fingerprint density at radius 2 is 2.48 bits per heavy atom. The van der Waals surface area contributed by atoms with Gasteiger partial charge in [-0.1, -0.05) is 0 Å². The van der Waals surface area contributed by atoms with Crippen molar-refractivity contribution < 1.29 is 9.53 Å². The zero-order valence-corrected chi connectivity index (χ0v) is 12.8. The van der Waals surface area contributed by atoms with Gasteiger partial charge < -0.3 is 10.1 Å². The van der Waals surface area contributed by atoms with Gasteiger partial charge in [0.2, 0.25) is 0 Å². The Labute approximate surface area is 129 Å². The molecular formula is C14H19ClN4O2. The summed E-state index contributed by atoms with van der Waals surface area (Å²) >= 11 is 5.62. The molecule has 1 amide bonds. The summed E-state index contributed by atoms with van der Waals surface area (Å²) in [5.74, 6) is 0.0649. The number of rotatable bonds is 9. The quantitative estimate of drug-likeness (QED) is 0.325. The van der Waals surface area contributed by atoms with Crippen LogP contribution in [-0.2, 0) is 16.1 Å². The molecule has 0 saturated heterocycles. The third kappa shape index (κ3) is 6.43. The smallest absolute Gasteiger partial charge is 0.261 e. The van der Waals surface area contributed by atoms with Crippen LogP contribution in [-0.4, -0.2) is 41.3 Å². The van der Waals surface area contributed by atoms with Crippen LogP contribution >= 0.6 is 11.6 Å². The van der Waals surface area contributed by atoms with E-state index in [-0.39, 0.29) is 11.5 Å². The molecule has 1 rings (SSSR count). The van der Waals surface area contributed by atoms with Crippen LogP contribution in [0.25, 0.3) is 6.08 Å². The maximum absolute atomic E-state index is 11.9. The lowest BCUT2D eigenvalue weighted by Gasteiger charge is -2.04. The molecule has 1 aromatic heterocycles. The van der Waals surface area contributed by atoms with Gasteiger partial charge in [-0.05, 0) is 19.4 Å². The number of aromatic nitrogens is 2. The van der Waals surface area contributed by atoms with Crippen LogP contribution in [0.2, 0.25) is 0 Å². The lowest BCUT2D eigenvalue weighted by Crippen LogP contribution is -2.26. The highest BCUT2D eigenvalue weighted by atomic mass is 35.5. The molecule has 0 bridgehead atoms. The fourth-order valence-electron chi connectivity index (χ4n) is 1.59. The second-order valence-corrected chi connectivity index (χ2v) is 4.58. The molecule has 0 saturated carbocycles. The molecule has 7 heteroatoms. The first-order chi connectivity index (χ1) is 10.2. The van der Waals surface area contributed by atoms with Crippen molar-refractivity contribution in [2.24, 2.45) is 0 Å². The first-order valence-electron chi connectivity index (χ1n) is 6.77. The summed E-state index contributed by atoms with van der Waals surface area (Å²) in [4.78, 5) is 11.9. The highest BCUT2D eigenvalue weighted by Gasteiger charge is 2.08. The average Bonchev–Trinajstić information content (AvgIpc) is 2.92. The zero-order valence-electron chi connectivity index (χ0n) is 12.0. The molecule has 0 fully saturated rings. The fraction of sp³-hybridized carbons (Fsp3) is 0.500. The molecule has 0 aromatic carbocycles. The molecule has 1 aromatic rings. The van der Waals surface area contributed by atoms with E-state index in [0.29, 0.717) is 44.2 Å². The van der Waals surface area contributed by atoms with Crippen LogP contribution in [0.4, 0.5) is 0 Å². The van der Waals surface area contributed by atoms with Gasteiger partial charge in [-0.25, -0.2) is 0 Å². The second-order valence-electron chi connectivity index (χ2n) is 4.20. The molecule has 0 radical (unpaired) electrons. The third-order valence-corrected chi connectivity index (χ3v) is 2.77. The molecular weight excluding hydrogens is 292 g/mol. The summed E-state index contributed by atoms with van der Waals surface area (Å²) in [5, 5.41) is 15.8. The van der Waals surface area contributed by atoms with Gasteiger partial charge in [0.05, 0.1) is 12.7 Å². The second kappa shape index (κ2) is 9.97. The first-order valence-corrected chi connectivity index (χ1v) is 7.30. The number of alkyl halides is 1. The summed E-state index contributed by atoms with van der Waals surface area (Å²) in [7, 11) is 0. The highest BCUT2D eigenvalue weighted by molar-refractivity contribution is 6.17. The number of carbonyl (C=O) groups is 1. The van der Waals surface area contributed by atoms with Gasteiger partial charge in [0.15, 0.2) is 0 Å². The molecule has 1 heterocycles. The van der Waals surface area contributed by atoms with E-state index in [1.54, 1.807) is 17.1 Å². The Kier molecular flexibility index (Phi) is 8.17. The van der Waals surface area contributed by atoms with Crippen molar-refractivity contribution in [2.45, 2.75) is 19.9 Å². The average molecular weight is 311 g/mol. The maximum atomic E-state index is 11.9. The molecule has 1 N–H and O–H groups in total. The number of nitrogens with one attached hydrogen (secondary N) is 1. The fourth-order valence-corrected chi connectivity index (χ4v) is 1.77. The molecule has 0 aliphatic carbocycles. The highest BCUT2D eigenvalue weighted by Crippen LogP contribution is 2.06. The summed E-state index contributed by atoms with van der Waals surface area (Å²) in [6.45, 7) is 4.22. The van der Waals surface area contributed by atoms with Crippen molar-refractivity contribution in [3.63, 3.8) is 0 Å². The number of nitriles is 1. The van der Waals surface area contributed by atoms with E-state index in [0.717, 1.165) is 0 Å². The van der Waals surface area contributed by atoms with Crippen molar-refractivity contribution in [1.82, 2.24) is 15.1 Å². The number of carbonyl (C=O) groups excluding carboxylic acids is 1. The summed E-state index contributed by atoms with van der Waals surface area (Å²) in [6.07, 6.45) is 5.55. The van der Waals surface area contributed by atoms with Crippen molar-refractivity contribution in [3.8, 4) is 6.07 Å². The van der Waals surface area contributed by atoms with Gasteiger partial charge in [0.1, 0.15) is 11.6 Å². The first kappa shape index (κ1) is 17.2. The maximum Gasteiger partial charge on any atom is 0.261 e. The number of aryl methyl sites for hydroxylation is 1. The predicted molar refractivity (Wildman–Crippen MR) is 80.7 cm³/mol. The number of amides is 1. The van der Waals surface area contributed by atoms with E-state index >= 15 is 0 Å². The normalized spacial score (nSPS) is 11.2. The van der Waals surface area contributed by atoms with Gasteiger partial charge >= 0.3 is 0 Å². The number of halogens is 1. The Bertz CT molecular complexity index is 519. The Morgan fingerprint density at radius 3 is 3.14 bits per heavy atom. The van der Waals surface area contributed by atoms with Gasteiger partial charge in [-0.3, -0.25) is 9.48 Å². The molecule has 0 aliphatic rings. The standard InChI is InChI=1S/C14H19ClN4O2/c1-2-21-7-3-5-17-14(20)13(9-16)8-12-10-18-19(11-12)6-4-15/h8,10-11H,2-7H2,1H3,(H,17,20)/b13-8+. The van der Waals surface area contributed by atoms with E-state index in [4.69, 9.17) is 21.6 Å². The zero-order chi connectivity index (χ0) is 15.5. The van der Waals surface area contributed by atoms with E-state index in [1.807, 2.05) is 13.0 Å². The minimum Gasteiger partial charge on any atom is -0.382 e. The van der Waals surface area contributed by atoms with E-state index in [2.05, 4.69) is 10.4 Å². The van der Waals surface area contributed by atoms with Crippen molar-refractivity contribution in [1.29, 1.82) is 5.26 Å². The minimum absolute atomic E-state index is 0.0526. The Balaban J connectivity index is 2.53. The van der Waals surface area contributed by atoms with Crippen LogP contribution in [0, 0.1) is 11.3 Å². The van der Waals surface area contributed by atoms with Crippen LogP contribution in [0.1, 0.15) is 18.9 Å². The topological polar surface area (TPSA) is 79.9 Å². The summed E-state index contributed by atoms with van der Waals surface area (Å²) in [6, 6.07) is 1.90. The van der Waals surface area contributed by atoms with E-state index in [1.165, 1.54) is 6.08 Å². The predicted octanol–water partition coefficient (Wildman–Crippen LogP) is 1.57. The van der Waals surface area contributed by atoms with E-state index < -0.39 is 0 Å². The lowest BCUT2D eigenvalue weighted by atomic mass is 10.2. The number of nitrogens with zero attached hydrogens (tertiary/aromatic N) is 3.